The van der Waals surface area contributed by atoms with Crippen LogP contribution in [0.5, 0.6) is 0 Å². The quantitative estimate of drug-likeness (QED) is 0.590. The lowest BCUT2D eigenvalue weighted by Crippen LogP contribution is -2.03. The van der Waals surface area contributed by atoms with Crippen LogP contribution >= 0.6 is 0 Å². The van der Waals surface area contributed by atoms with E-state index in [4.69, 9.17) is 19.7 Å². The highest BCUT2D eigenvalue weighted by Gasteiger charge is 2.33. The zero-order chi connectivity index (χ0) is 13.5. The largest absolute Gasteiger partial charge is 0.394 e. The highest BCUT2D eigenvalue weighted by molar-refractivity contribution is 5.34. The number of ether oxygens (including phenoxy) is 3. The molecule has 2 unspecified atom stereocenters. The van der Waals surface area contributed by atoms with E-state index in [2.05, 4.69) is 29.0 Å². The Morgan fingerprint density at radius 1 is 0.947 bits per heavy atom. The third-order valence-corrected chi connectivity index (χ3v) is 2.83. The molecule has 2 N–H and O–H groups in total. The van der Waals surface area contributed by atoms with E-state index in [0.29, 0.717) is 25.4 Å². The summed E-state index contributed by atoms with van der Waals surface area (Å²) in [6.07, 6.45) is 0.704. The molecule has 2 heterocycles. The van der Waals surface area contributed by atoms with Gasteiger partial charge >= 0.3 is 0 Å². The number of aliphatic hydroxyl groups is 2. The van der Waals surface area contributed by atoms with Crippen molar-refractivity contribution in [2.45, 2.75) is 12.2 Å². The minimum Gasteiger partial charge on any atom is -0.394 e. The molecule has 19 heavy (non-hydrogen) atoms. The first-order valence-electron chi connectivity index (χ1n) is 6.48. The second kappa shape index (κ2) is 7.57. The van der Waals surface area contributed by atoms with Gasteiger partial charge in [-0.15, -0.1) is 0 Å². The Morgan fingerprint density at radius 3 is 1.68 bits per heavy atom. The third-order valence-electron chi connectivity index (χ3n) is 2.83. The minimum absolute atomic E-state index is 0.0278. The molecule has 106 valence electrons. The molecular weight excluding hydrogens is 248 g/mol. The van der Waals surface area contributed by atoms with Gasteiger partial charge in [0.05, 0.1) is 39.6 Å². The second-order valence-electron chi connectivity index (χ2n) is 4.33. The molecule has 0 bridgehead atoms. The Morgan fingerprint density at radius 2 is 1.37 bits per heavy atom. The highest BCUT2D eigenvalue weighted by atomic mass is 16.6. The smallest absolute Gasteiger partial charge is 0.106 e. The SMILES string of the molecule is OCCOCCO.c1ccc(C2CO2)c(C2CO2)c1. The average molecular weight is 268 g/mol. The van der Waals surface area contributed by atoms with Crippen molar-refractivity contribution in [2.75, 3.05) is 39.6 Å². The van der Waals surface area contributed by atoms with Crippen molar-refractivity contribution in [1.29, 1.82) is 0 Å². The monoisotopic (exact) mass is 268 g/mol. The van der Waals surface area contributed by atoms with Gasteiger partial charge in [-0.05, 0) is 11.1 Å². The molecule has 0 amide bonds. The molecule has 1 aromatic carbocycles. The summed E-state index contributed by atoms with van der Waals surface area (Å²) in [5.41, 5.74) is 2.64. The molecule has 1 aromatic rings. The number of epoxide rings is 2. The zero-order valence-electron chi connectivity index (χ0n) is 10.8. The van der Waals surface area contributed by atoms with Crippen LogP contribution in [0.25, 0.3) is 0 Å². The predicted molar refractivity (Wildman–Crippen MR) is 68.8 cm³/mol. The van der Waals surface area contributed by atoms with E-state index in [9.17, 15) is 0 Å². The van der Waals surface area contributed by atoms with Gasteiger partial charge in [0.25, 0.3) is 0 Å². The maximum atomic E-state index is 8.09. The zero-order valence-corrected chi connectivity index (χ0v) is 10.8. The van der Waals surface area contributed by atoms with Gasteiger partial charge in [-0.2, -0.15) is 0 Å². The van der Waals surface area contributed by atoms with Crippen LogP contribution in [0.1, 0.15) is 23.3 Å². The van der Waals surface area contributed by atoms with E-state index < -0.39 is 0 Å². The lowest BCUT2D eigenvalue weighted by atomic mass is 10.0. The number of aliphatic hydroxyl groups excluding tert-OH is 2. The lowest BCUT2D eigenvalue weighted by Gasteiger charge is -2.02. The maximum Gasteiger partial charge on any atom is 0.106 e. The van der Waals surface area contributed by atoms with Crippen LogP contribution in [0.4, 0.5) is 0 Å². The summed E-state index contributed by atoms with van der Waals surface area (Å²) in [4.78, 5) is 0. The first-order valence-corrected chi connectivity index (χ1v) is 6.48. The van der Waals surface area contributed by atoms with Gasteiger partial charge in [0, 0.05) is 0 Å². The molecule has 2 atom stereocenters. The number of rotatable bonds is 6. The highest BCUT2D eigenvalue weighted by Crippen LogP contribution is 2.39. The summed E-state index contributed by atoms with van der Waals surface area (Å²) in [6, 6.07) is 8.38. The van der Waals surface area contributed by atoms with E-state index in [1.54, 1.807) is 0 Å². The molecular formula is C14H20O5. The van der Waals surface area contributed by atoms with Gasteiger partial charge in [0.15, 0.2) is 0 Å². The number of hydrogen-bond acceptors (Lipinski definition) is 5. The third kappa shape index (κ3) is 4.89. The van der Waals surface area contributed by atoms with Gasteiger partial charge < -0.3 is 24.4 Å². The molecule has 0 radical (unpaired) electrons. The second-order valence-corrected chi connectivity index (χ2v) is 4.33. The summed E-state index contributed by atoms with van der Waals surface area (Å²) in [6.45, 7) is 2.45. The van der Waals surface area contributed by atoms with Crippen molar-refractivity contribution in [3.05, 3.63) is 35.4 Å². The predicted octanol–water partition coefficient (Wildman–Crippen LogP) is 0.817. The molecule has 2 aliphatic rings. The molecule has 5 nitrogen and oxygen atoms in total. The van der Waals surface area contributed by atoms with Crippen LogP contribution in [0, 0.1) is 0 Å². The molecule has 2 fully saturated rings. The van der Waals surface area contributed by atoms with Crippen LogP contribution in [0.2, 0.25) is 0 Å². The summed E-state index contributed by atoms with van der Waals surface area (Å²) in [5, 5.41) is 16.2. The van der Waals surface area contributed by atoms with E-state index in [1.165, 1.54) is 11.1 Å². The van der Waals surface area contributed by atoms with Gasteiger partial charge in [0.2, 0.25) is 0 Å². The van der Waals surface area contributed by atoms with Crippen LogP contribution < -0.4 is 0 Å². The number of benzene rings is 1. The van der Waals surface area contributed by atoms with E-state index in [1.807, 2.05) is 0 Å². The topological polar surface area (TPSA) is 74.8 Å². The van der Waals surface area contributed by atoms with Crippen molar-refractivity contribution in [1.82, 2.24) is 0 Å². The summed E-state index contributed by atoms with van der Waals surface area (Å²) >= 11 is 0. The van der Waals surface area contributed by atoms with Crippen LogP contribution in [0.3, 0.4) is 0 Å². The Hall–Kier alpha value is -0.980. The lowest BCUT2D eigenvalue weighted by molar-refractivity contribution is 0.0650. The van der Waals surface area contributed by atoms with E-state index in [0.717, 1.165) is 13.2 Å². The molecule has 2 saturated heterocycles. The summed E-state index contributed by atoms with van der Waals surface area (Å²) < 4.78 is 15.1. The summed E-state index contributed by atoms with van der Waals surface area (Å²) in [7, 11) is 0. The van der Waals surface area contributed by atoms with Crippen molar-refractivity contribution in [3.63, 3.8) is 0 Å². The maximum absolute atomic E-state index is 8.09. The van der Waals surface area contributed by atoms with Crippen molar-refractivity contribution in [3.8, 4) is 0 Å². The van der Waals surface area contributed by atoms with Gasteiger partial charge in [-0.25, -0.2) is 0 Å². The fraction of sp³-hybridized carbons (Fsp3) is 0.571. The first-order chi connectivity index (χ1) is 9.36. The molecule has 0 saturated carbocycles. The molecule has 0 aromatic heterocycles. The van der Waals surface area contributed by atoms with Crippen LogP contribution in [-0.2, 0) is 14.2 Å². The van der Waals surface area contributed by atoms with Gasteiger partial charge in [0.1, 0.15) is 12.2 Å². The molecule has 5 heteroatoms. The van der Waals surface area contributed by atoms with Crippen molar-refractivity contribution in [2.24, 2.45) is 0 Å². The Bertz CT molecular complexity index is 339. The average Bonchev–Trinajstić information content (AvgIpc) is 3.33. The molecule has 0 spiro atoms. The fourth-order valence-electron chi connectivity index (χ4n) is 1.78. The summed E-state index contributed by atoms with van der Waals surface area (Å²) in [5.74, 6) is 0. The Labute approximate surface area is 112 Å². The van der Waals surface area contributed by atoms with Crippen LogP contribution in [-0.4, -0.2) is 49.9 Å². The Balaban J connectivity index is 0.000000167. The minimum atomic E-state index is 0.0278. The normalized spacial score (nSPS) is 23.5. The van der Waals surface area contributed by atoms with Gasteiger partial charge in [-0.3, -0.25) is 0 Å². The first kappa shape index (κ1) is 14.4. The molecule has 2 aliphatic heterocycles. The van der Waals surface area contributed by atoms with Crippen LogP contribution in [0.15, 0.2) is 24.3 Å². The van der Waals surface area contributed by atoms with Crippen molar-refractivity contribution < 1.29 is 24.4 Å². The fourth-order valence-corrected chi connectivity index (χ4v) is 1.78. The Kier molecular flexibility index (Phi) is 5.75. The molecule has 3 rings (SSSR count). The standard InChI is InChI=1S/C10H10O2.C4H10O3/c1-2-4-8(10-6-12-10)7(3-1)9-5-11-9;5-1-3-7-4-2-6/h1-4,9-10H,5-6H2;5-6H,1-4H2. The van der Waals surface area contributed by atoms with Gasteiger partial charge in [-0.1, -0.05) is 24.3 Å². The van der Waals surface area contributed by atoms with E-state index >= 15 is 0 Å². The molecule has 0 aliphatic carbocycles. The van der Waals surface area contributed by atoms with Crippen molar-refractivity contribution >= 4 is 0 Å². The number of hydrogen-bond donors (Lipinski definition) is 2. The van der Waals surface area contributed by atoms with E-state index in [-0.39, 0.29) is 13.2 Å².